The van der Waals surface area contributed by atoms with Crippen LogP contribution in [0.4, 0.5) is 0 Å². The normalized spacial score (nSPS) is 11.2. The molecule has 0 aliphatic carbocycles. The molecule has 0 radical (unpaired) electrons. The second kappa shape index (κ2) is 7.14. The largest absolute Gasteiger partial charge is 0.497 e. The van der Waals surface area contributed by atoms with Crippen LogP contribution in [0.3, 0.4) is 0 Å². The van der Waals surface area contributed by atoms with E-state index in [0.717, 1.165) is 12.2 Å². The maximum Gasteiger partial charge on any atom is 0.118 e. The van der Waals surface area contributed by atoms with Crippen molar-refractivity contribution in [3.63, 3.8) is 0 Å². The van der Waals surface area contributed by atoms with Crippen LogP contribution in [0.5, 0.6) is 5.75 Å². The minimum atomic E-state index is 0.873. The van der Waals surface area contributed by atoms with Crippen LogP contribution < -0.4 is 4.74 Å². The van der Waals surface area contributed by atoms with Gasteiger partial charge >= 0.3 is 0 Å². The Hall–Kier alpha value is -3.52. The van der Waals surface area contributed by atoms with Crippen molar-refractivity contribution in [2.75, 3.05) is 7.11 Å². The summed E-state index contributed by atoms with van der Waals surface area (Å²) in [7, 11) is 1.70. The number of aromatic amines is 1. The van der Waals surface area contributed by atoms with E-state index in [9.17, 15) is 0 Å². The van der Waals surface area contributed by atoms with E-state index in [0.29, 0.717) is 0 Å². The van der Waals surface area contributed by atoms with Crippen molar-refractivity contribution in [3.8, 4) is 28.0 Å². The van der Waals surface area contributed by atoms with Gasteiger partial charge in [-0.3, -0.25) is 0 Å². The number of benzene rings is 4. The second-order valence-electron chi connectivity index (χ2n) is 7.32. The molecule has 142 valence electrons. The molecule has 1 heterocycles. The summed E-state index contributed by atoms with van der Waals surface area (Å²) in [5.41, 5.74) is 8.70. The molecule has 5 rings (SSSR count). The topological polar surface area (TPSA) is 25.0 Å². The molecule has 0 atom stereocenters. The molecule has 1 N–H and O–H groups in total. The Morgan fingerprint density at radius 2 is 1.45 bits per heavy atom. The number of aryl methyl sites for hydroxylation is 1. The number of aromatic nitrogens is 1. The molecule has 29 heavy (non-hydrogen) atoms. The molecule has 4 aromatic carbocycles. The molecule has 2 nitrogen and oxygen atoms in total. The first kappa shape index (κ1) is 17.6. The maximum atomic E-state index is 5.34. The number of methoxy groups -OCH3 is 1. The van der Waals surface area contributed by atoms with Crippen molar-refractivity contribution in [2.24, 2.45) is 0 Å². The van der Waals surface area contributed by atoms with Crippen molar-refractivity contribution < 1.29 is 4.74 Å². The van der Waals surface area contributed by atoms with Crippen molar-refractivity contribution in [3.05, 3.63) is 90.5 Å². The third-order valence-electron chi connectivity index (χ3n) is 5.75. The first-order valence-corrected chi connectivity index (χ1v) is 10.1. The molecule has 0 saturated carbocycles. The van der Waals surface area contributed by atoms with Gasteiger partial charge in [0.15, 0.2) is 0 Å². The van der Waals surface area contributed by atoms with Crippen LogP contribution in [0.2, 0.25) is 0 Å². The molecule has 0 aliphatic heterocycles. The molecule has 0 aliphatic rings. The molecule has 0 unspecified atom stereocenters. The van der Waals surface area contributed by atoms with E-state index in [2.05, 4.69) is 84.7 Å². The Labute approximate surface area is 170 Å². The lowest BCUT2D eigenvalue weighted by Crippen LogP contribution is -1.90. The maximum absolute atomic E-state index is 5.34. The van der Waals surface area contributed by atoms with Crippen LogP contribution in [0.15, 0.2) is 84.9 Å². The average molecular weight is 377 g/mol. The van der Waals surface area contributed by atoms with Crippen LogP contribution >= 0.6 is 0 Å². The monoisotopic (exact) mass is 377 g/mol. The zero-order valence-corrected chi connectivity index (χ0v) is 16.7. The number of hydrogen-bond donors (Lipinski definition) is 1. The summed E-state index contributed by atoms with van der Waals surface area (Å²) in [6.45, 7) is 2.22. The number of fused-ring (bicyclic) bond motifs is 3. The van der Waals surface area contributed by atoms with E-state index in [1.807, 2.05) is 12.1 Å². The Bertz CT molecular complexity index is 1310. The number of hydrogen-bond acceptors (Lipinski definition) is 1. The fourth-order valence-electron chi connectivity index (χ4n) is 4.28. The smallest absolute Gasteiger partial charge is 0.118 e. The van der Waals surface area contributed by atoms with Gasteiger partial charge in [0.05, 0.1) is 12.6 Å². The second-order valence-corrected chi connectivity index (χ2v) is 7.32. The van der Waals surface area contributed by atoms with Gasteiger partial charge in [-0.2, -0.15) is 0 Å². The molecule has 0 spiro atoms. The van der Waals surface area contributed by atoms with Gasteiger partial charge in [0.25, 0.3) is 0 Å². The van der Waals surface area contributed by atoms with Gasteiger partial charge in [-0.1, -0.05) is 73.7 Å². The van der Waals surface area contributed by atoms with Crippen LogP contribution in [0.25, 0.3) is 44.1 Å². The zero-order valence-electron chi connectivity index (χ0n) is 16.7. The van der Waals surface area contributed by atoms with E-state index >= 15 is 0 Å². The lowest BCUT2D eigenvalue weighted by atomic mass is 9.92. The zero-order chi connectivity index (χ0) is 19.8. The van der Waals surface area contributed by atoms with E-state index in [-0.39, 0.29) is 0 Å². The van der Waals surface area contributed by atoms with Crippen LogP contribution in [-0.2, 0) is 6.42 Å². The van der Waals surface area contributed by atoms with E-state index < -0.39 is 0 Å². The van der Waals surface area contributed by atoms with Crippen molar-refractivity contribution >= 4 is 21.8 Å². The predicted molar refractivity (Wildman–Crippen MR) is 123 cm³/mol. The number of para-hydroxylation sites is 1. The highest BCUT2D eigenvalue weighted by molar-refractivity contribution is 6.18. The molecule has 5 aromatic rings. The Kier molecular flexibility index (Phi) is 4.33. The summed E-state index contributed by atoms with van der Waals surface area (Å²) in [5, 5.41) is 2.53. The molecule has 0 saturated heterocycles. The van der Waals surface area contributed by atoms with Gasteiger partial charge in [-0.15, -0.1) is 0 Å². The summed E-state index contributed by atoms with van der Waals surface area (Å²) in [4.78, 5) is 3.70. The van der Waals surface area contributed by atoms with E-state index in [4.69, 9.17) is 4.74 Å². The molecular formula is C27H23NO. The van der Waals surface area contributed by atoms with Gasteiger partial charge in [-0.05, 0) is 46.9 Å². The molecular weight excluding hydrogens is 354 g/mol. The minimum absolute atomic E-state index is 0.873. The first-order chi connectivity index (χ1) is 14.3. The predicted octanol–water partition coefficient (Wildman–Crippen LogP) is 7.23. The Balaban J connectivity index is 1.84. The highest BCUT2D eigenvalue weighted by atomic mass is 16.5. The molecule has 0 fully saturated rings. The summed E-state index contributed by atoms with van der Waals surface area (Å²) in [5.74, 6) is 0.873. The van der Waals surface area contributed by atoms with Crippen LogP contribution in [0, 0.1) is 0 Å². The average Bonchev–Trinajstić information content (AvgIpc) is 3.18. The summed E-state index contributed by atoms with van der Waals surface area (Å²) in [6.07, 6.45) is 1.01. The van der Waals surface area contributed by atoms with Gasteiger partial charge in [0, 0.05) is 21.9 Å². The number of H-pyrrole nitrogens is 1. The summed E-state index contributed by atoms with van der Waals surface area (Å²) in [6, 6.07) is 30.1. The van der Waals surface area contributed by atoms with Crippen molar-refractivity contribution in [1.82, 2.24) is 4.98 Å². The SMILES string of the molecule is CCc1ccccc1-c1ccc(-c2ccc(OC)cc2)c2c1[nH]c1ccccc12. The van der Waals surface area contributed by atoms with Gasteiger partial charge < -0.3 is 9.72 Å². The highest BCUT2D eigenvalue weighted by Crippen LogP contribution is 2.40. The van der Waals surface area contributed by atoms with E-state index in [1.54, 1.807) is 7.11 Å². The summed E-state index contributed by atoms with van der Waals surface area (Å²) < 4.78 is 5.34. The lowest BCUT2D eigenvalue weighted by molar-refractivity contribution is 0.415. The van der Waals surface area contributed by atoms with Crippen molar-refractivity contribution in [2.45, 2.75) is 13.3 Å². The molecule has 0 amide bonds. The number of nitrogens with one attached hydrogen (secondary N) is 1. The van der Waals surface area contributed by atoms with Gasteiger partial charge in [0.1, 0.15) is 5.75 Å². The molecule has 0 bridgehead atoms. The minimum Gasteiger partial charge on any atom is -0.497 e. The Morgan fingerprint density at radius 1 is 0.724 bits per heavy atom. The highest BCUT2D eigenvalue weighted by Gasteiger charge is 2.16. The summed E-state index contributed by atoms with van der Waals surface area (Å²) >= 11 is 0. The van der Waals surface area contributed by atoms with Crippen LogP contribution in [0.1, 0.15) is 12.5 Å². The number of ether oxygens (including phenoxy) is 1. The fourth-order valence-corrected chi connectivity index (χ4v) is 4.28. The third kappa shape index (κ3) is 2.89. The number of rotatable bonds is 4. The van der Waals surface area contributed by atoms with Crippen LogP contribution in [-0.4, -0.2) is 12.1 Å². The van der Waals surface area contributed by atoms with Gasteiger partial charge in [-0.25, -0.2) is 0 Å². The Morgan fingerprint density at radius 3 is 2.24 bits per heavy atom. The fraction of sp³-hybridized carbons (Fsp3) is 0.111. The standard InChI is InChI=1S/C27H23NO/c1-3-18-8-4-5-9-21(18)23-17-16-22(19-12-14-20(29-2)15-13-19)26-24-10-6-7-11-25(24)28-27(23)26/h4-17,28H,3H2,1-2H3. The first-order valence-electron chi connectivity index (χ1n) is 10.1. The molecule has 1 aromatic heterocycles. The quantitative estimate of drug-likeness (QED) is 0.351. The molecule has 2 heteroatoms. The van der Waals surface area contributed by atoms with Gasteiger partial charge in [0.2, 0.25) is 0 Å². The van der Waals surface area contributed by atoms with E-state index in [1.165, 1.54) is 49.6 Å². The third-order valence-corrected chi connectivity index (χ3v) is 5.75. The lowest BCUT2D eigenvalue weighted by Gasteiger charge is -2.12. The van der Waals surface area contributed by atoms with Crippen molar-refractivity contribution in [1.29, 1.82) is 0 Å².